The Morgan fingerprint density at radius 2 is 1.95 bits per heavy atom. The van der Waals surface area contributed by atoms with Crippen LogP contribution in [0.5, 0.6) is 0 Å². The molecule has 0 fully saturated rings. The highest BCUT2D eigenvalue weighted by molar-refractivity contribution is 5.72. The average molecular weight is 264 g/mol. The van der Waals surface area contributed by atoms with Crippen LogP contribution in [-0.4, -0.2) is 30.1 Å². The summed E-state index contributed by atoms with van der Waals surface area (Å²) < 4.78 is 5.29. The number of ether oxygens (including phenoxy) is 1. The average Bonchev–Trinajstić information content (AvgIpc) is 2.26. The second-order valence-electron chi connectivity index (χ2n) is 5.78. The Hall–Kier alpha value is -1.39. The Kier molecular flexibility index (Phi) is 5.51. The summed E-state index contributed by atoms with van der Waals surface area (Å²) >= 11 is 0. The minimum atomic E-state index is -0.433. The molecule has 0 atom stereocenters. The molecule has 0 saturated carbocycles. The standard InChI is InChI=1S/C15H24N2O2/c1-15(2,3)19-14(18)11-17(4)10-13-7-5-6-12(8-13)9-16/h5-8H,9-11,16H2,1-4H3. The van der Waals surface area contributed by atoms with Gasteiger partial charge in [0.05, 0.1) is 6.54 Å². The first-order valence-electron chi connectivity index (χ1n) is 6.48. The van der Waals surface area contributed by atoms with Crippen LogP contribution in [0.15, 0.2) is 24.3 Å². The Balaban J connectivity index is 2.50. The van der Waals surface area contributed by atoms with Gasteiger partial charge >= 0.3 is 5.97 Å². The van der Waals surface area contributed by atoms with Crippen molar-refractivity contribution in [1.82, 2.24) is 4.90 Å². The summed E-state index contributed by atoms with van der Waals surface area (Å²) in [6.07, 6.45) is 0. The summed E-state index contributed by atoms with van der Waals surface area (Å²) in [4.78, 5) is 13.6. The number of rotatable bonds is 5. The van der Waals surface area contributed by atoms with E-state index in [-0.39, 0.29) is 12.5 Å². The Bertz CT molecular complexity index is 424. The summed E-state index contributed by atoms with van der Waals surface area (Å²) in [6.45, 7) is 7.13. The molecule has 106 valence electrons. The SMILES string of the molecule is CN(CC(=O)OC(C)(C)C)Cc1cccc(CN)c1. The van der Waals surface area contributed by atoms with Crippen LogP contribution in [0.25, 0.3) is 0 Å². The van der Waals surface area contributed by atoms with Gasteiger partial charge < -0.3 is 10.5 Å². The first-order chi connectivity index (χ1) is 8.80. The highest BCUT2D eigenvalue weighted by Crippen LogP contribution is 2.09. The van der Waals surface area contributed by atoms with Crippen molar-refractivity contribution in [1.29, 1.82) is 0 Å². The van der Waals surface area contributed by atoms with Gasteiger partial charge in [-0.25, -0.2) is 0 Å². The Labute approximate surface area is 115 Å². The van der Waals surface area contributed by atoms with E-state index in [0.717, 1.165) is 11.1 Å². The van der Waals surface area contributed by atoms with Crippen molar-refractivity contribution in [2.45, 2.75) is 39.5 Å². The lowest BCUT2D eigenvalue weighted by molar-refractivity contribution is -0.155. The number of nitrogens with two attached hydrogens (primary N) is 1. The van der Waals surface area contributed by atoms with Gasteiger partial charge in [-0.1, -0.05) is 24.3 Å². The number of likely N-dealkylation sites (N-methyl/N-ethyl adjacent to an activating group) is 1. The molecule has 4 heteroatoms. The molecule has 0 aliphatic heterocycles. The zero-order valence-electron chi connectivity index (χ0n) is 12.3. The minimum Gasteiger partial charge on any atom is -0.459 e. The molecule has 0 aromatic heterocycles. The molecule has 0 aliphatic rings. The van der Waals surface area contributed by atoms with Crippen LogP contribution in [-0.2, 0) is 22.6 Å². The zero-order chi connectivity index (χ0) is 14.5. The number of carbonyl (C=O) groups excluding carboxylic acids is 1. The van der Waals surface area contributed by atoms with E-state index in [4.69, 9.17) is 10.5 Å². The fourth-order valence-electron chi connectivity index (χ4n) is 1.82. The van der Waals surface area contributed by atoms with Crippen molar-refractivity contribution in [2.75, 3.05) is 13.6 Å². The van der Waals surface area contributed by atoms with Crippen LogP contribution in [0.2, 0.25) is 0 Å². The lowest BCUT2D eigenvalue weighted by Gasteiger charge is -2.22. The minimum absolute atomic E-state index is 0.204. The summed E-state index contributed by atoms with van der Waals surface area (Å²) in [5, 5.41) is 0. The van der Waals surface area contributed by atoms with Gasteiger partial charge in [-0.15, -0.1) is 0 Å². The largest absolute Gasteiger partial charge is 0.459 e. The van der Waals surface area contributed by atoms with Crippen molar-refractivity contribution in [3.05, 3.63) is 35.4 Å². The number of nitrogens with zero attached hydrogens (tertiary/aromatic N) is 1. The molecule has 0 heterocycles. The summed E-state index contributed by atoms with van der Waals surface area (Å²) in [6, 6.07) is 8.08. The molecule has 0 radical (unpaired) electrons. The van der Waals surface area contributed by atoms with E-state index in [1.807, 2.05) is 50.9 Å². The van der Waals surface area contributed by atoms with Crippen molar-refractivity contribution in [3.8, 4) is 0 Å². The molecular weight excluding hydrogens is 240 g/mol. The number of esters is 1. The van der Waals surface area contributed by atoms with E-state index in [1.54, 1.807) is 0 Å². The molecule has 2 N–H and O–H groups in total. The number of carbonyl (C=O) groups is 1. The van der Waals surface area contributed by atoms with Gasteiger partial charge in [-0.05, 0) is 38.9 Å². The molecule has 1 aromatic rings. The normalized spacial score (nSPS) is 11.7. The van der Waals surface area contributed by atoms with E-state index in [9.17, 15) is 4.79 Å². The van der Waals surface area contributed by atoms with E-state index < -0.39 is 5.60 Å². The third-order valence-electron chi connectivity index (χ3n) is 2.50. The van der Waals surface area contributed by atoms with Gasteiger partial charge in [-0.2, -0.15) is 0 Å². The molecule has 1 rings (SSSR count). The molecule has 0 saturated heterocycles. The summed E-state index contributed by atoms with van der Waals surface area (Å²) in [5.41, 5.74) is 7.43. The Morgan fingerprint density at radius 3 is 2.53 bits per heavy atom. The number of hydrogen-bond donors (Lipinski definition) is 1. The maximum absolute atomic E-state index is 11.7. The number of hydrogen-bond acceptors (Lipinski definition) is 4. The Morgan fingerprint density at radius 1 is 1.32 bits per heavy atom. The van der Waals surface area contributed by atoms with Gasteiger partial charge in [0.1, 0.15) is 5.60 Å². The fourth-order valence-corrected chi connectivity index (χ4v) is 1.82. The quantitative estimate of drug-likeness (QED) is 0.826. The highest BCUT2D eigenvalue weighted by atomic mass is 16.6. The first-order valence-corrected chi connectivity index (χ1v) is 6.48. The van der Waals surface area contributed by atoms with Crippen LogP contribution < -0.4 is 5.73 Å². The predicted molar refractivity (Wildman–Crippen MR) is 76.5 cm³/mol. The summed E-state index contributed by atoms with van der Waals surface area (Å²) in [7, 11) is 1.90. The first kappa shape index (κ1) is 15.7. The molecule has 4 nitrogen and oxygen atoms in total. The second kappa shape index (κ2) is 6.68. The molecule has 19 heavy (non-hydrogen) atoms. The zero-order valence-corrected chi connectivity index (χ0v) is 12.3. The molecule has 1 aromatic carbocycles. The predicted octanol–water partition coefficient (Wildman–Crippen LogP) is 1.92. The summed E-state index contributed by atoms with van der Waals surface area (Å²) in [5.74, 6) is -0.204. The van der Waals surface area contributed by atoms with Crippen LogP contribution in [0.4, 0.5) is 0 Å². The van der Waals surface area contributed by atoms with Crippen molar-refractivity contribution in [2.24, 2.45) is 5.73 Å². The molecule has 0 spiro atoms. The monoisotopic (exact) mass is 264 g/mol. The topological polar surface area (TPSA) is 55.6 Å². The third kappa shape index (κ3) is 6.36. The molecular formula is C15H24N2O2. The molecule has 0 unspecified atom stereocenters. The van der Waals surface area contributed by atoms with E-state index in [2.05, 4.69) is 6.07 Å². The van der Waals surface area contributed by atoms with Crippen molar-refractivity contribution < 1.29 is 9.53 Å². The lowest BCUT2D eigenvalue weighted by Crippen LogP contribution is -2.32. The van der Waals surface area contributed by atoms with E-state index in [0.29, 0.717) is 13.1 Å². The fraction of sp³-hybridized carbons (Fsp3) is 0.533. The van der Waals surface area contributed by atoms with Gasteiger partial charge in [-0.3, -0.25) is 9.69 Å². The third-order valence-corrected chi connectivity index (χ3v) is 2.50. The maximum Gasteiger partial charge on any atom is 0.320 e. The van der Waals surface area contributed by atoms with Crippen molar-refractivity contribution in [3.63, 3.8) is 0 Å². The second-order valence-corrected chi connectivity index (χ2v) is 5.78. The lowest BCUT2D eigenvalue weighted by atomic mass is 10.1. The van der Waals surface area contributed by atoms with Crippen LogP contribution in [0.3, 0.4) is 0 Å². The van der Waals surface area contributed by atoms with Gasteiger partial charge in [0.2, 0.25) is 0 Å². The molecule has 0 amide bonds. The number of benzene rings is 1. The van der Waals surface area contributed by atoms with E-state index >= 15 is 0 Å². The van der Waals surface area contributed by atoms with Gasteiger partial charge in [0.15, 0.2) is 0 Å². The van der Waals surface area contributed by atoms with E-state index in [1.165, 1.54) is 0 Å². The highest BCUT2D eigenvalue weighted by Gasteiger charge is 2.17. The van der Waals surface area contributed by atoms with Crippen LogP contribution >= 0.6 is 0 Å². The van der Waals surface area contributed by atoms with Crippen molar-refractivity contribution >= 4 is 5.97 Å². The molecule has 0 aliphatic carbocycles. The van der Waals surface area contributed by atoms with Gasteiger partial charge in [0, 0.05) is 13.1 Å². The smallest absolute Gasteiger partial charge is 0.320 e. The van der Waals surface area contributed by atoms with Crippen LogP contribution in [0, 0.1) is 0 Å². The maximum atomic E-state index is 11.7. The van der Waals surface area contributed by atoms with Gasteiger partial charge in [0.25, 0.3) is 0 Å². The van der Waals surface area contributed by atoms with Crippen LogP contribution in [0.1, 0.15) is 31.9 Å². The molecule has 0 bridgehead atoms.